The normalized spacial score (nSPS) is 17.6. The van der Waals surface area contributed by atoms with Crippen LogP contribution in [0, 0.1) is 25.1 Å². The molecule has 0 saturated carbocycles. The number of piperidine rings is 1. The van der Waals surface area contributed by atoms with Gasteiger partial charge < -0.3 is 19.5 Å². The molecule has 3 heterocycles. The van der Waals surface area contributed by atoms with Gasteiger partial charge in [0.2, 0.25) is 0 Å². The van der Waals surface area contributed by atoms with Crippen molar-refractivity contribution in [2.45, 2.75) is 92.5 Å². The molecule has 1 fully saturated rings. The molecular formula is C37H48FN3O4. The van der Waals surface area contributed by atoms with E-state index in [0.717, 1.165) is 73.5 Å². The van der Waals surface area contributed by atoms with Gasteiger partial charge in [-0.2, -0.15) is 0 Å². The fraction of sp³-hybridized carbons (Fsp3) is 0.514. The smallest absolute Gasteiger partial charge is 0.337 e. The molecule has 3 aromatic rings. The summed E-state index contributed by atoms with van der Waals surface area (Å²) in [5.41, 5.74) is 8.08. The summed E-state index contributed by atoms with van der Waals surface area (Å²) >= 11 is 0. The molecule has 1 unspecified atom stereocenters. The number of anilines is 1. The highest BCUT2D eigenvalue weighted by Crippen LogP contribution is 2.45. The summed E-state index contributed by atoms with van der Waals surface area (Å²) in [5, 5.41) is 10.5. The minimum Gasteiger partial charge on any atom is -0.493 e. The summed E-state index contributed by atoms with van der Waals surface area (Å²) in [6.07, 6.45) is 1.73. The van der Waals surface area contributed by atoms with Crippen molar-refractivity contribution in [2.24, 2.45) is 5.41 Å². The molecule has 1 atom stereocenters. The van der Waals surface area contributed by atoms with Gasteiger partial charge in [-0.3, -0.25) is 9.88 Å². The van der Waals surface area contributed by atoms with Gasteiger partial charge in [-0.25, -0.2) is 9.18 Å². The third-order valence-corrected chi connectivity index (χ3v) is 9.20. The highest BCUT2D eigenvalue weighted by Gasteiger charge is 2.36. The summed E-state index contributed by atoms with van der Waals surface area (Å²) in [6.45, 7) is 18.1. The van der Waals surface area contributed by atoms with E-state index in [1.165, 1.54) is 24.3 Å². The number of aliphatic carboxylic acids is 1. The molecule has 8 heteroatoms. The molecule has 1 N–H and O–H groups in total. The summed E-state index contributed by atoms with van der Waals surface area (Å²) in [6, 6.07) is 11.7. The van der Waals surface area contributed by atoms with Crippen molar-refractivity contribution in [3.63, 3.8) is 0 Å². The summed E-state index contributed by atoms with van der Waals surface area (Å²) in [5.74, 6) is -1.05. The zero-order chi connectivity index (χ0) is 32.7. The lowest BCUT2D eigenvalue weighted by molar-refractivity contribution is -0.160. The molecule has 5 rings (SSSR count). The van der Waals surface area contributed by atoms with Crippen LogP contribution in [0.25, 0.3) is 11.1 Å². The van der Waals surface area contributed by atoms with Crippen molar-refractivity contribution in [3.05, 3.63) is 75.9 Å². The average Bonchev–Trinajstić information content (AvgIpc) is 2.95. The van der Waals surface area contributed by atoms with E-state index in [0.29, 0.717) is 23.6 Å². The fourth-order valence-corrected chi connectivity index (χ4v) is 6.80. The number of fused-ring (bicyclic) bond motifs is 1. The second kappa shape index (κ2) is 12.7. The second-order valence-corrected chi connectivity index (χ2v) is 14.4. The first kappa shape index (κ1) is 32.9. The van der Waals surface area contributed by atoms with Gasteiger partial charge in [-0.1, -0.05) is 44.2 Å². The van der Waals surface area contributed by atoms with Gasteiger partial charge in [0.25, 0.3) is 0 Å². The van der Waals surface area contributed by atoms with E-state index in [-0.39, 0.29) is 11.2 Å². The standard InChI is InChI=1S/C37H48FN3O4/c1-23-30(26-12-13-27-21-40(17-14-25(27)20-26)22-28-10-9-11-29(38)33(28)44-8)32(41-18-15-37(6,7)16-19-41)31(24(2)39-23)34(35(42)43)45-36(3,4)5/h9-13,20,34H,14-19,21-22H2,1-8H3,(H,42,43). The third kappa shape index (κ3) is 7.17. The summed E-state index contributed by atoms with van der Waals surface area (Å²) < 4.78 is 25.9. The molecular weight excluding hydrogens is 569 g/mol. The van der Waals surface area contributed by atoms with Gasteiger partial charge in [0.05, 0.1) is 18.4 Å². The zero-order valence-electron chi connectivity index (χ0n) is 28.1. The monoisotopic (exact) mass is 617 g/mol. The number of carboxylic acids is 1. The van der Waals surface area contributed by atoms with E-state index in [1.807, 2.05) is 40.7 Å². The Morgan fingerprint density at radius 2 is 1.78 bits per heavy atom. The molecule has 2 aromatic carbocycles. The predicted octanol–water partition coefficient (Wildman–Crippen LogP) is 7.64. The molecule has 0 spiro atoms. The van der Waals surface area contributed by atoms with Crippen LogP contribution in [0.15, 0.2) is 36.4 Å². The van der Waals surface area contributed by atoms with Crippen LogP contribution in [0.4, 0.5) is 10.1 Å². The molecule has 45 heavy (non-hydrogen) atoms. The number of halogens is 1. The van der Waals surface area contributed by atoms with Crippen LogP contribution in [-0.2, 0) is 29.0 Å². The Bertz CT molecular complexity index is 1570. The van der Waals surface area contributed by atoms with Gasteiger partial charge in [0.15, 0.2) is 17.7 Å². The van der Waals surface area contributed by atoms with Crippen LogP contribution in [-0.4, -0.2) is 53.3 Å². The van der Waals surface area contributed by atoms with E-state index in [1.54, 1.807) is 6.07 Å². The topological polar surface area (TPSA) is 75.1 Å². The highest BCUT2D eigenvalue weighted by molar-refractivity contribution is 5.88. The van der Waals surface area contributed by atoms with Crippen molar-refractivity contribution in [1.29, 1.82) is 0 Å². The van der Waals surface area contributed by atoms with E-state index in [9.17, 15) is 14.3 Å². The Labute approximate surface area is 267 Å². The quantitative estimate of drug-likeness (QED) is 0.278. The van der Waals surface area contributed by atoms with Gasteiger partial charge >= 0.3 is 5.97 Å². The molecule has 242 valence electrons. The Balaban J connectivity index is 1.56. The molecule has 1 aromatic heterocycles. The number of nitrogens with zero attached hydrogens (tertiary/aromatic N) is 3. The van der Waals surface area contributed by atoms with Crippen LogP contribution in [0.3, 0.4) is 0 Å². The number of aryl methyl sites for hydroxylation is 2. The maximum atomic E-state index is 14.3. The van der Waals surface area contributed by atoms with E-state index >= 15 is 0 Å². The zero-order valence-corrected chi connectivity index (χ0v) is 28.1. The lowest BCUT2D eigenvalue weighted by Crippen LogP contribution is -2.39. The number of aromatic nitrogens is 1. The third-order valence-electron chi connectivity index (χ3n) is 9.20. The van der Waals surface area contributed by atoms with Gasteiger partial charge in [0.1, 0.15) is 0 Å². The summed E-state index contributed by atoms with van der Waals surface area (Å²) in [4.78, 5) is 22.4. The SMILES string of the molecule is COc1c(F)cccc1CN1CCc2cc(-c3c(C)nc(C)c(C(OC(C)(C)C)C(=O)O)c3N3CCC(C)(C)CC3)ccc2C1. The van der Waals surface area contributed by atoms with Crippen molar-refractivity contribution >= 4 is 11.7 Å². The second-order valence-electron chi connectivity index (χ2n) is 14.4. The largest absolute Gasteiger partial charge is 0.493 e. The molecule has 0 amide bonds. The lowest BCUT2D eigenvalue weighted by Gasteiger charge is -2.41. The lowest BCUT2D eigenvalue weighted by atomic mass is 9.81. The van der Waals surface area contributed by atoms with E-state index in [2.05, 4.69) is 41.8 Å². The Kier molecular flexibility index (Phi) is 9.30. The molecule has 0 bridgehead atoms. The van der Waals surface area contributed by atoms with Crippen molar-refractivity contribution < 1.29 is 23.8 Å². The molecule has 1 saturated heterocycles. The van der Waals surface area contributed by atoms with Crippen molar-refractivity contribution in [1.82, 2.24) is 9.88 Å². The fourth-order valence-electron chi connectivity index (χ4n) is 6.80. The average molecular weight is 618 g/mol. The number of methoxy groups -OCH3 is 1. The van der Waals surface area contributed by atoms with E-state index < -0.39 is 17.7 Å². The first-order valence-electron chi connectivity index (χ1n) is 16.0. The molecule has 0 radical (unpaired) electrons. The predicted molar refractivity (Wildman–Crippen MR) is 176 cm³/mol. The molecule has 2 aliphatic heterocycles. The first-order valence-corrected chi connectivity index (χ1v) is 16.0. The number of hydrogen-bond acceptors (Lipinski definition) is 6. The van der Waals surface area contributed by atoms with Gasteiger partial charge in [-0.05, 0) is 82.1 Å². The maximum Gasteiger partial charge on any atom is 0.337 e. The van der Waals surface area contributed by atoms with Crippen molar-refractivity contribution in [3.8, 4) is 16.9 Å². The minimum atomic E-state index is -1.15. The Morgan fingerprint density at radius 1 is 1.07 bits per heavy atom. The number of benzene rings is 2. The molecule has 7 nitrogen and oxygen atoms in total. The van der Waals surface area contributed by atoms with Crippen LogP contribution in [0.2, 0.25) is 0 Å². The molecule has 0 aliphatic carbocycles. The number of ether oxygens (including phenoxy) is 2. The number of para-hydroxylation sites is 1. The van der Waals surface area contributed by atoms with Crippen LogP contribution in [0.5, 0.6) is 5.75 Å². The first-order chi connectivity index (χ1) is 21.2. The summed E-state index contributed by atoms with van der Waals surface area (Å²) in [7, 11) is 1.51. The number of pyridine rings is 1. The maximum absolute atomic E-state index is 14.3. The van der Waals surface area contributed by atoms with Crippen LogP contribution >= 0.6 is 0 Å². The Morgan fingerprint density at radius 3 is 2.42 bits per heavy atom. The van der Waals surface area contributed by atoms with Gasteiger partial charge in [0, 0.05) is 60.8 Å². The van der Waals surface area contributed by atoms with Crippen LogP contribution < -0.4 is 9.64 Å². The van der Waals surface area contributed by atoms with Crippen LogP contribution in [0.1, 0.15) is 87.2 Å². The highest BCUT2D eigenvalue weighted by atomic mass is 19.1. The Hall–Kier alpha value is -3.49. The van der Waals surface area contributed by atoms with Gasteiger partial charge in [-0.15, -0.1) is 0 Å². The number of hydrogen-bond donors (Lipinski definition) is 1. The van der Waals surface area contributed by atoms with E-state index in [4.69, 9.17) is 14.5 Å². The number of rotatable bonds is 8. The number of carboxylic acid groups (broad SMARTS) is 1. The minimum absolute atomic E-state index is 0.231. The number of carbonyl (C=O) groups is 1. The van der Waals surface area contributed by atoms with Crippen molar-refractivity contribution in [2.75, 3.05) is 31.6 Å². The molecule has 2 aliphatic rings.